The monoisotopic (exact) mass is 311 g/mol. The molecule has 2 aromatic heterocycles. The van der Waals surface area contributed by atoms with Gasteiger partial charge >= 0.3 is 0 Å². The van der Waals surface area contributed by atoms with E-state index >= 15 is 0 Å². The zero-order chi connectivity index (χ0) is 15.1. The number of nitrogens with zero attached hydrogens (tertiary/aromatic N) is 3. The molecule has 0 saturated carbocycles. The zero-order valence-corrected chi connectivity index (χ0v) is 10.9. The minimum atomic E-state index is -1.66. The zero-order valence-electron chi connectivity index (χ0n) is 10.1. The molecular weight excluding hydrogens is 307 g/mol. The first-order valence-corrected chi connectivity index (χ1v) is 6.00. The second-order valence-corrected chi connectivity index (χ2v) is 4.49. The van der Waals surface area contributed by atoms with E-state index in [1.807, 2.05) is 0 Å². The lowest BCUT2D eigenvalue weighted by molar-refractivity contribution is 0.444. The molecule has 0 aliphatic heterocycles. The molecule has 1 N–H and O–H groups in total. The highest BCUT2D eigenvalue weighted by molar-refractivity contribution is 6.38. The molecule has 21 heavy (non-hydrogen) atoms. The maximum absolute atomic E-state index is 13.9. The Labute approximate surface area is 120 Å². The average molecular weight is 312 g/mol. The molecule has 3 aromatic rings. The topological polar surface area (TPSA) is 58.9 Å². The predicted molar refractivity (Wildman–Crippen MR) is 69.3 cm³/mol. The van der Waals surface area contributed by atoms with Gasteiger partial charge in [0.25, 0.3) is 0 Å². The molecule has 2 heterocycles. The molecule has 0 fully saturated rings. The SMILES string of the molecule is Oc1nc2ncncc2c(Cl)c1-c1ccc(F)c(F)c1F. The Morgan fingerprint density at radius 2 is 1.86 bits per heavy atom. The van der Waals surface area contributed by atoms with Crippen molar-refractivity contribution in [3.8, 4) is 17.0 Å². The second-order valence-electron chi connectivity index (χ2n) is 4.11. The van der Waals surface area contributed by atoms with Gasteiger partial charge in [0.1, 0.15) is 6.33 Å². The van der Waals surface area contributed by atoms with Gasteiger partial charge in [-0.25, -0.2) is 23.1 Å². The maximum atomic E-state index is 13.9. The molecule has 0 amide bonds. The number of rotatable bonds is 1. The third-order valence-electron chi connectivity index (χ3n) is 2.89. The Bertz CT molecular complexity index is 873. The third kappa shape index (κ3) is 2.06. The Morgan fingerprint density at radius 3 is 2.62 bits per heavy atom. The molecule has 0 aliphatic carbocycles. The van der Waals surface area contributed by atoms with Crippen molar-refractivity contribution in [3.63, 3.8) is 0 Å². The van der Waals surface area contributed by atoms with E-state index in [9.17, 15) is 18.3 Å². The normalized spacial score (nSPS) is 11.0. The molecule has 0 radical (unpaired) electrons. The van der Waals surface area contributed by atoms with E-state index in [1.54, 1.807) is 0 Å². The molecule has 0 saturated heterocycles. The summed E-state index contributed by atoms with van der Waals surface area (Å²) in [4.78, 5) is 11.3. The van der Waals surface area contributed by atoms with Crippen LogP contribution in [0.15, 0.2) is 24.7 Å². The highest BCUT2D eigenvalue weighted by Crippen LogP contribution is 2.40. The lowest BCUT2D eigenvalue weighted by Gasteiger charge is -2.10. The molecule has 1 aromatic carbocycles. The largest absolute Gasteiger partial charge is 0.493 e. The predicted octanol–water partition coefficient (Wildman–Crippen LogP) is 3.47. The number of aromatic nitrogens is 3. The number of hydrogen-bond donors (Lipinski definition) is 1. The summed E-state index contributed by atoms with van der Waals surface area (Å²) in [6, 6.07) is 1.70. The molecule has 106 valence electrons. The van der Waals surface area contributed by atoms with Crippen LogP contribution in [0.1, 0.15) is 0 Å². The Kier molecular flexibility index (Phi) is 3.13. The minimum absolute atomic E-state index is 0.0965. The summed E-state index contributed by atoms with van der Waals surface area (Å²) in [5.41, 5.74) is -0.565. The Hall–Kier alpha value is -2.41. The summed E-state index contributed by atoms with van der Waals surface area (Å²) < 4.78 is 40.2. The van der Waals surface area contributed by atoms with Gasteiger partial charge in [0.15, 0.2) is 23.1 Å². The first-order valence-electron chi connectivity index (χ1n) is 5.62. The Morgan fingerprint density at radius 1 is 1.10 bits per heavy atom. The fourth-order valence-electron chi connectivity index (χ4n) is 1.91. The summed E-state index contributed by atoms with van der Waals surface area (Å²) in [5, 5.41) is 10.0. The quantitative estimate of drug-likeness (QED) is 0.699. The minimum Gasteiger partial charge on any atom is -0.493 e. The highest BCUT2D eigenvalue weighted by Gasteiger charge is 2.22. The Balaban J connectivity index is 2.38. The van der Waals surface area contributed by atoms with Gasteiger partial charge in [-0.1, -0.05) is 11.6 Å². The average Bonchev–Trinajstić information content (AvgIpc) is 2.47. The van der Waals surface area contributed by atoms with Crippen LogP contribution < -0.4 is 0 Å². The van der Waals surface area contributed by atoms with Crippen molar-refractivity contribution < 1.29 is 18.3 Å². The van der Waals surface area contributed by atoms with Crippen LogP contribution in [0.3, 0.4) is 0 Å². The van der Waals surface area contributed by atoms with Crippen LogP contribution in [-0.2, 0) is 0 Å². The maximum Gasteiger partial charge on any atom is 0.222 e. The number of fused-ring (bicyclic) bond motifs is 1. The van der Waals surface area contributed by atoms with Crippen LogP contribution in [0.5, 0.6) is 5.88 Å². The molecule has 3 rings (SSSR count). The van der Waals surface area contributed by atoms with Crippen molar-refractivity contribution in [2.24, 2.45) is 0 Å². The molecular formula is C13H5ClF3N3O. The van der Waals surface area contributed by atoms with Crippen molar-refractivity contribution in [3.05, 3.63) is 47.1 Å². The fourth-order valence-corrected chi connectivity index (χ4v) is 2.23. The van der Waals surface area contributed by atoms with Crippen LogP contribution in [0, 0.1) is 17.5 Å². The summed E-state index contributed by atoms with van der Waals surface area (Å²) in [7, 11) is 0. The van der Waals surface area contributed by atoms with Crippen LogP contribution in [0.25, 0.3) is 22.2 Å². The van der Waals surface area contributed by atoms with Crippen molar-refractivity contribution >= 4 is 22.6 Å². The van der Waals surface area contributed by atoms with Gasteiger partial charge in [-0.3, -0.25) is 0 Å². The smallest absolute Gasteiger partial charge is 0.222 e. The van der Waals surface area contributed by atoms with E-state index < -0.39 is 28.9 Å². The van der Waals surface area contributed by atoms with Gasteiger partial charge < -0.3 is 5.11 Å². The fraction of sp³-hybridized carbons (Fsp3) is 0. The first kappa shape index (κ1) is 13.6. The summed E-state index contributed by atoms with van der Waals surface area (Å²) in [6.45, 7) is 0. The van der Waals surface area contributed by atoms with Crippen LogP contribution in [0.4, 0.5) is 13.2 Å². The number of pyridine rings is 1. The lowest BCUT2D eigenvalue weighted by atomic mass is 10.0. The number of aromatic hydroxyl groups is 1. The number of benzene rings is 1. The van der Waals surface area contributed by atoms with Crippen molar-refractivity contribution in [2.45, 2.75) is 0 Å². The molecule has 0 atom stereocenters. The summed E-state index contributed by atoms with van der Waals surface area (Å²) in [6.07, 6.45) is 2.52. The third-order valence-corrected chi connectivity index (χ3v) is 3.28. The van der Waals surface area contributed by atoms with Gasteiger partial charge in [-0.15, -0.1) is 0 Å². The van der Waals surface area contributed by atoms with Gasteiger partial charge in [-0.05, 0) is 12.1 Å². The second kappa shape index (κ2) is 4.85. The molecule has 0 unspecified atom stereocenters. The van der Waals surface area contributed by atoms with E-state index in [4.69, 9.17) is 11.6 Å². The molecule has 4 nitrogen and oxygen atoms in total. The van der Waals surface area contributed by atoms with E-state index in [1.165, 1.54) is 12.5 Å². The molecule has 0 spiro atoms. The lowest BCUT2D eigenvalue weighted by Crippen LogP contribution is -1.97. The number of halogens is 4. The number of hydrogen-bond acceptors (Lipinski definition) is 4. The van der Waals surface area contributed by atoms with E-state index in [2.05, 4.69) is 15.0 Å². The van der Waals surface area contributed by atoms with E-state index in [0.717, 1.165) is 12.1 Å². The first-order chi connectivity index (χ1) is 10.0. The summed E-state index contributed by atoms with van der Waals surface area (Å²) >= 11 is 6.08. The van der Waals surface area contributed by atoms with Gasteiger partial charge in [0, 0.05) is 11.8 Å². The summed E-state index contributed by atoms with van der Waals surface area (Å²) in [5.74, 6) is -5.11. The molecule has 8 heteroatoms. The van der Waals surface area contributed by atoms with Crippen molar-refractivity contribution in [2.75, 3.05) is 0 Å². The van der Waals surface area contributed by atoms with Crippen LogP contribution in [0.2, 0.25) is 5.02 Å². The van der Waals surface area contributed by atoms with Gasteiger partial charge in [-0.2, -0.15) is 4.98 Å². The van der Waals surface area contributed by atoms with Crippen molar-refractivity contribution in [1.82, 2.24) is 15.0 Å². The van der Waals surface area contributed by atoms with Gasteiger partial charge in [0.2, 0.25) is 5.88 Å². The molecule has 0 bridgehead atoms. The highest BCUT2D eigenvalue weighted by atomic mass is 35.5. The van der Waals surface area contributed by atoms with Gasteiger partial charge in [0.05, 0.1) is 16.0 Å². The van der Waals surface area contributed by atoms with E-state index in [0.29, 0.717) is 0 Å². The van der Waals surface area contributed by atoms with E-state index in [-0.39, 0.29) is 21.6 Å². The van der Waals surface area contributed by atoms with Crippen molar-refractivity contribution in [1.29, 1.82) is 0 Å². The molecule has 0 aliphatic rings. The standard InChI is InChI=1S/C13H5ClF3N3O/c14-9-6-3-18-4-19-12(6)20-13(21)8(9)5-1-2-7(15)11(17)10(5)16/h1-4H,(H,18,19,20,21). The van der Waals surface area contributed by atoms with Crippen LogP contribution >= 0.6 is 11.6 Å². The van der Waals surface area contributed by atoms with Crippen LogP contribution in [-0.4, -0.2) is 20.1 Å².